The summed E-state index contributed by atoms with van der Waals surface area (Å²) in [7, 11) is 0. The molecule has 78 valence electrons. The largest absolute Gasteiger partial charge is 0.378 e. The number of nitrogens with zero attached hydrogens (tertiary/aromatic N) is 2. The monoisotopic (exact) mass is 219 g/mol. The normalized spacial score (nSPS) is 16.8. The van der Waals surface area contributed by atoms with Crippen molar-refractivity contribution in [3.63, 3.8) is 0 Å². The average molecular weight is 219 g/mol. The zero-order valence-corrected chi connectivity index (χ0v) is 9.47. The summed E-state index contributed by atoms with van der Waals surface area (Å²) < 4.78 is 0. The summed E-state index contributed by atoms with van der Waals surface area (Å²) in [6.07, 6.45) is 7.83. The molecule has 1 N–H and O–H groups in total. The smallest absolute Gasteiger partial charge is 0.103 e. The van der Waals surface area contributed by atoms with Crippen molar-refractivity contribution in [1.29, 1.82) is 5.26 Å². The van der Waals surface area contributed by atoms with Gasteiger partial charge in [-0.15, -0.1) is 0 Å². The Kier molecular flexibility index (Phi) is 2.83. The number of hydrogen-bond donors (Lipinski definition) is 1. The summed E-state index contributed by atoms with van der Waals surface area (Å²) in [5.74, 6) is 1.10. The van der Waals surface area contributed by atoms with Gasteiger partial charge in [-0.2, -0.15) is 17.0 Å². The van der Waals surface area contributed by atoms with Crippen LogP contribution in [0.5, 0.6) is 0 Å². The molecular formula is C11H13N3S. The molecule has 0 amide bonds. The first-order chi connectivity index (χ1) is 7.29. The van der Waals surface area contributed by atoms with Gasteiger partial charge in [-0.05, 0) is 25.2 Å². The molecule has 1 fully saturated rings. The molecule has 0 radical (unpaired) electrons. The number of hydrogen-bond acceptors (Lipinski definition) is 4. The number of thioether (sulfide) groups is 1. The predicted molar refractivity (Wildman–Crippen MR) is 62.9 cm³/mol. The molecule has 3 nitrogen and oxygen atoms in total. The van der Waals surface area contributed by atoms with E-state index in [-0.39, 0.29) is 5.54 Å². The summed E-state index contributed by atoms with van der Waals surface area (Å²) in [6, 6.07) is 4.03. The molecule has 15 heavy (non-hydrogen) atoms. The summed E-state index contributed by atoms with van der Waals surface area (Å²) >= 11 is 1.84. The summed E-state index contributed by atoms with van der Waals surface area (Å²) in [6.45, 7) is 0. The minimum atomic E-state index is 0.229. The Balaban J connectivity index is 2.14. The molecule has 0 bridgehead atoms. The van der Waals surface area contributed by atoms with Crippen LogP contribution in [-0.2, 0) is 0 Å². The molecule has 0 spiro atoms. The van der Waals surface area contributed by atoms with Crippen molar-refractivity contribution in [3.05, 3.63) is 24.0 Å². The maximum Gasteiger partial charge on any atom is 0.103 e. The highest BCUT2D eigenvalue weighted by Crippen LogP contribution is 2.41. The highest BCUT2D eigenvalue weighted by molar-refractivity contribution is 7.98. The quantitative estimate of drug-likeness (QED) is 0.844. The van der Waals surface area contributed by atoms with Crippen molar-refractivity contribution in [2.24, 2.45) is 0 Å². The Hall–Kier alpha value is -1.21. The van der Waals surface area contributed by atoms with Gasteiger partial charge in [0.25, 0.3) is 0 Å². The van der Waals surface area contributed by atoms with Crippen molar-refractivity contribution in [2.45, 2.75) is 18.4 Å². The van der Waals surface area contributed by atoms with Crippen LogP contribution in [0.25, 0.3) is 0 Å². The van der Waals surface area contributed by atoms with Gasteiger partial charge in [-0.1, -0.05) is 0 Å². The zero-order valence-electron chi connectivity index (χ0n) is 8.66. The third kappa shape index (κ3) is 2.24. The second kappa shape index (κ2) is 4.11. The first kappa shape index (κ1) is 10.3. The van der Waals surface area contributed by atoms with Gasteiger partial charge in [0.15, 0.2) is 0 Å². The molecular weight excluding hydrogens is 206 g/mol. The van der Waals surface area contributed by atoms with Crippen LogP contribution < -0.4 is 5.32 Å². The maximum absolute atomic E-state index is 8.93. The van der Waals surface area contributed by atoms with Crippen LogP contribution >= 0.6 is 11.8 Å². The van der Waals surface area contributed by atoms with Crippen LogP contribution in [0.15, 0.2) is 18.5 Å². The van der Waals surface area contributed by atoms with Gasteiger partial charge in [0.1, 0.15) is 6.07 Å². The average Bonchev–Trinajstić information content (AvgIpc) is 2.99. The third-order valence-electron chi connectivity index (χ3n) is 2.62. The van der Waals surface area contributed by atoms with E-state index in [9.17, 15) is 0 Å². The fraction of sp³-hybridized carbons (Fsp3) is 0.455. The van der Waals surface area contributed by atoms with E-state index >= 15 is 0 Å². The second-order valence-electron chi connectivity index (χ2n) is 3.87. The first-order valence-electron chi connectivity index (χ1n) is 4.91. The van der Waals surface area contributed by atoms with Crippen molar-refractivity contribution in [1.82, 2.24) is 4.98 Å². The summed E-state index contributed by atoms with van der Waals surface area (Å²) in [5.41, 5.74) is 1.77. The van der Waals surface area contributed by atoms with Crippen LogP contribution in [0.3, 0.4) is 0 Å². The van der Waals surface area contributed by atoms with Crippen LogP contribution in [0.1, 0.15) is 18.4 Å². The molecule has 1 aromatic rings. The van der Waals surface area contributed by atoms with Gasteiger partial charge in [-0.25, -0.2) is 0 Å². The van der Waals surface area contributed by atoms with Gasteiger partial charge >= 0.3 is 0 Å². The number of nitriles is 1. The van der Waals surface area contributed by atoms with Crippen LogP contribution in [0.2, 0.25) is 0 Å². The zero-order chi connectivity index (χ0) is 10.7. The number of rotatable bonds is 4. The highest BCUT2D eigenvalue weighted by atomic mass is 32.2. The van der Waals surface area contributed by atoms with Gasteiger partial charge < -0.3 is 5.32 Å². The lowest BCUT2D eigenvalue weighted by atomic mass is 10.2. The molecule has 1 aliphatic rings. The number of aromatic nitrogens is 1. The fourth-order valence-electron chi connectivity index (χ4n) is 1.61. The SMILES string of the molecule is CSCC1(Nc2ccncc2C#N)CC1. The molecule has 0 saturated heterocycles. The van der Waals surface area contributed by atoms with E-state index in [1.54, 1.807) is 12.4 Å². The lowest BCUT2D eigenvalue weighted by Gasteiger charge is -2.18. The van der Waals surface area contributed by atoms with E-state index in [0.717, 1.165) is 11.4 Å². The van der Waals surface area contributed by atoms with Crippen LogP contribution in [0, 0.1) is 11.3 Å². The fourth-order valence-corrected chi connectivity index (χ4v) is 2.52. The number of anilines is 1. The Bertz CT molecular complexity index is 393. The molecule has 0 aromatic carbocycles. The van der Waals surface area contributed by atoms with Gasteiger partial charge in [0.2, 0.25) is 0 Å². The molecule has 0 atom stereocenters. The minimum Gasteiger partial charge on any atom is -0.378 e. The number of pyridine rings is 1. The molecule has 1 aliphatic carbocycles. The Labute approximate surface area is 93.9 Å². The Morgan fingerprint density at radius 1 is 1.67 bits per heavy atom. The Morgan fingerprint density at radius 2 is 2.47 bits per heavy atom. The van der Waals surface area contributed by atoms with Crippen molar-refractivity contribution in [3.8, 4) is 6.07 Å². The second-order valence-corrected chi connectivity index (χ2v) is 4.74. The summed E-state index contributed by atoms with van der Waals surface area (Å²) in [4.78, 5) is 3.94. The molecule has 1 heterocycles. The highest BCUT2D eigenvalue weighted by Gasteiger charge is 2.42. The third-order valence-corrected chi connectivity index (χ3v) is 3.46. The number of nitrogens with one attached hydrogen (secondary N) is 1. The first-order valence-corrected chi connectivity index (χ1v) is 6.30. The van der Waals surface area contributed by atoms with E-state index in [4.69, 9.17) is 5.26 Å². The molecule has 1 aromatic heterocycles. The van der Waals surface area contributed by atoms with E-state index in [2.05, 4.69) is 22.6 Å². The molecule has 2 rings (SSSR count). The minimum absolute atomic E-state index is 0.229. The van der Waals surface area contributed by atoms with Crippen LogP contribution in [0.4, 0.5) is 5.69 Å². The van der Waals surface area contributed by atoms with E-state index in [1.807, 2.05) is 17.8 Å². The van der Waals surface area contributed by atoms with E-state index in [0.29, 0.717) is 5.56 Å². The van der Waals surface area contributed by atoms with E-state index < -0.39 is 0 Å². The predicted octanol–water partition coefficient (Wildman–Crippen LogP) is 2.26. The standard InChI is InChI=1S/C11H13N3S/c1-15-8-11(3-4-11)14-10-2-5-13-7-9(10)6-12/h2,5,7H,3-4,8H2,1H3,(H,13,14). The van der Waals surface area contributed by atoms with Crippen molar-refractivity contribution < 1.29 is 0 Å². The molecule has 0 unspecified atom stereocenters. The summed E-state index contributed by atoms with van der Waals surface area (Å²) in [5, 5.41) is 12.4. The van der Waals surface area contributed by atoms with E-state index in [1.165, 1.54) is 12.8 Å². The lowest BCUT2D eigenvalue weighted by molar-refractivity contribution is 0.843. The molecule has 0 aliphatic heterocycles. The van der Waals surface area contributed by atoms with Crippen LogP contribution in [-0.4, -0.2) is 22.5 Å². The van der Waals surface area contributed by atoms with Gasteiger partial charge in [0.05, 0.1) is 11.3 Å². The molecule has 1 saturated carbocycles. The van der Waals surface area contributed by atoms with Gasteiger partial charge in [-0.3, -0.25) is 4.98 Å². The van der Waals surface area contributed by atoms with Crippen molar-refractivity contribution >= 4 is 17.4 Å². The van der Waals surface area contributed by atoms with Crippen molar-refractivity contribution in [2.75, 3.05) is 17.3 Å². The Morgan fingerprint density at radius 3 is 3.07 bits per heavy atom. The maximum atomic E-state index is 8.93. The topological polar surface area (TPSA) is 48.7 Å². The molecule has 4 heteroatoms. The lowest BCUT2D eigenvalue weighted by Crippen LogP contribution is -2.24. The van der Waals surface area contributed by atoms with Gasteiger partial charge in [0, 0.05) is 23.7 Å².